The minimum absolute atomic E-state index is 0.1000. The SMILES string of the molecule is N#CN1CCC2(C1)Nc1nc(-c3ccccc3)ccc1NC2=O. The molecule has 2 aliphatic heterocycles. The molecular weight excluding hydrogens is 290 g/mol. The molecule has 6 nitrogen and oxygen atoms in total. The highest BCUT2D eigenvalue weighted by Crippen LogP contribution is 2.35. The van der Waals surface area contributed by atoms with Crippen molar-refractivity contribution >= 4 is 17.4 Å². The largest absolute Gasteiger partial charge is 0.353 e. The molecule has 2 aromatic rings. The number of aromatic nitrogens is 1. The zero-order valence-electron chi connectivity index (χ0n) is 12.4. The fraction of sp³-hybridized carbons (Fsp3) is 0.235. The molecule has 1 spiro atoms. The summed E-state index contributed by atoms with van der Waals surface area (Å²) in [6.45, 7) is 0.941. The van der Waals surface area contributed by atoms with E-state index >= 15 is 0 Å². The van der Waals surface area contributed by atoms with Gasteiger partial charge < -0.3 is 15.5 Å². The number of carbonyl (C=O) groups is 1. The number of nitrogens with zero attached hydrogens (tertiary/aromatic N) is 3. The number of nitriles is 1. The van der Waals surface area contributed by atoms with Gasteiger partial charge in [0.05, 0.1) is 17.9 Å². The number of benzene rings is 1. The topological polar surface area (TPSA) is 81.1 Å². The maximum atomic E-state index is 12.5. The third-order valence-electron chi connectivity index (χ3n) is 4.42. The van der Waals surface area contributed by atoms with E-state index in [1.54, 1.807) is 4.90 Å². The molecule has 6 heteroatoms. The fourth-order valence-corrected chi connectivity index (χ4v) is 3.13. The number of carbonyl (C=O) groups excluding carboxylic acids is 1. The summed E-state index contributed by atoms with van der Waals surface area (Å²) >= 11 is 0. The fourth-order valence-electron chi connectivity index (χ4n) is 3.13. The quantitative estimate of drug-likeness (QED) is 0.788. The van der Waals surface area contributed by atoms with Gasteiger partial charge in [-0.25, -0.2) is 4.98 Å². The number of fused-ring (bicyclic) bond motifs is 1. The normalized spacial score (nSPS) is 22.2. The Labute approximate surface area is 133 Å². The summed E-state index contributed by atoms with van der Waals surface area (Å²) in [6.07, 6.45) is 2.70. The summed E-state index contributed by atoms with van der Waals surface area (Å²) in [5.74, 6) is 0.558. The lowest BCUT2D eigenvalue weighted by Crippen LogP contribution is -2.54. The van der Waals surface area contributed by atoms with E-state index in [0.29, 0.717) is 31.0 Å². The van der Waals surface area contributed by atoms with Crippen LogP contribution in [0.5, 0.6) is 0 Å². The highest BCUT2D eigenvalue weighted by Gasteiger charge is 2.47. The summed E-state index contributed by atoms with van der Waals surface area (Å²) in [4.78, 5) is 18.7. The summed E-state index contributed by atoms with van der Waals surface area (Å²) < 4.78 is 0. The van der Waals surface area contributed by atoms with E-state index in [-0.39, 0.29) is 5.91 Å². The molecule has 1 unspecified atom stereocenters. The highest BCUT2D eigenvalue weighted by molar-refractivity contribution is 6.06. The molecule has 1 atom stereocenters. The van der Waals surface area contributed by atoms with Crippen LogP contribution in [0.15, 0.2) is 42.5 Å². The van der Waals surface area contributed by atoms with Gasteiger partial charge in [-0.05, 0) is 18.6 Å². The van der Waals surface area contributed by atoms with Gasteiger partial charge in [0.2, 0.25) is 0 Å². The molecule has 2 N–H and O–H groups in total. The van der Waals surface area contributed by atoms with Crippen molar-refractivity contribution < 1.29 is 4.79 Å². The van der Waals surface area contributed by atoms with Crippen molar-refractivity contribution in [1.29, 1.82) is 5.26 Å². The Morgan fingerprint density at radius 2 is 2.04 bits per heavy atom. The molecule has 0 bridgehead atoms. The summed E-state index contributed by atoms with van der Waals surface area (Å²) in [7, 11) is 0. The van der Waals surface area contributed by atoms with Gasteiger partial charge in [-0.1, -0.05) is 30.3 Å². The van der Waals surface area contributed by atoms with Gasteiger partial charge in [0.1, 0.15) is 5.54 Å². The number of anilines is 2. The van der Waals surface area contributed by atoms with Crippen LogP contribution >= 0.6 is 0 Å². The first kappa shape index (κ1) is 13.6. The predicted octanol–water partition coefficient (Wildman–Crippen LogP) is 2.04. The van der Waals surface area contributed by atoms with Crippen LogP contribution in [0.25, 0.3) is 11.3 Å². The second kappa shape index (κ2) is 4.99. The molecule has 114 valence electrons. The predicted molar refractivity (Wildman–Crippen MR) is 86.5 cm³/mol. The van der Waals surface area contributed by atoms with Crippen molar-refractivity contribution in [2.45, 2.75) is 12.0 Å². The smallest absolute Gasteiger partial charge is 0.252 e. The lowest BCUT2D eigenvalue weighted by molar-refractivity contribution is -0.120. The Morgan fingerprint density at radius 1 is 1.22 bits per heavy atom. The molecule has 0 radical (unpaired) electrons. The van der Waals surface area contributed by atoms with Crippen LogP contribution in [0.1, 0.15) is 6.42 Å². The van der Waals surface area contributed by atoms with Crippen LogP contribution in [0.3, 0.4) is 0 Å². The molecule has 1 amide bonds. The molecule has 23 heavy (non-hydrogen) atoms. The van der Waals surface area contributed by atoms with E-state index in [1.165, 1.54) is 0 Å². The van der Waals surface area contributed by atoms with Crippen LogP contribution < -0.4 is 10.6 Å². The van der Waals surface area contributed by atoms with Crippen molar-refractivity contribution in [3.05, 3.63) is 42.5 Å². The number of nitrogens with one attached hydrogen (secondary N) is 2. The molecule has 1 aromatic heterocycles. The maximum Gasteiger partial charge on any atom is 0.252 e. The average Bonchev–Trinajstić information content (AvgIpc) is 3.01. The van der Waals surface area contributed by atoms with Gasteiger partial charge in [0, 0.05) is 12.1 Å². The third kappa shape index (κ3) is 2.18. The van der Waals surface area contributed by atoms with E-state index in [2.05, 4.69) is 21.8 Å². The minimum atomic E-state index is -0.773. The number of pyridine rings is 1. The van der Waals surface area contributed by atoms with Crippen LogP contribution in [0.2, 0.25) is 0 Å². The lowest BCUT2D eigenvalue weighted by Gasteiger charge is -2.34. The molecule has 1 saturated heterocycles. The van der Waals surface area contributed by atoms with Crippen molar-refractivity contribution in [2.75, 3.05) is 23.7 Å². The Hall–Kier alpha value is -3.07. The van der Waals surface area contributed by atoms with E-state index < -0.39 is 5.54 Å². The van der Waals surface area contributed by atoms with E-state index in [1.807, 2.05) is 42.5 Å². The first-order chi connectivity index (χ1) is 11.2. The lowest BCUT2D eigenvalue weighted by atomic mass is 9.95. The molecule has 3 heterocycles. The van der Waals surface area contributed by atoms with Crippen LogP contribution in [0.4, 0.5) is 11.5 Å². The Morgan fingerprint density at radius 3 is 2.78 bits per heavy atom. The number of rotatable bonds is 1. The van der Waals surface area contributed by atoms with Gasteiger partial charge in [0.25, 0.3) is 5.91 Å². The molecule has 0 saturated carbocycles. The monoisotopic (exact) mass is 305 g/mol. The number of hydrogen-bond acceptors (Lipinski definition) is 5. The summed E-state index contributed by atoms with van der Waals surface area (Å²) in [5, 5.41) is 15.3. The van der Waals surface area contributed by atoms with Crippen molar-refractivity contribution in [1.82, 2.24) is 9.88 Å². The van der Waals surface area contributed by atoms with Gasteiger partial charge >= 0.3 is 0 Å². The Balaban J connectivity index is 1.71. The van der Waals surface area contributed by atoms with Crippen molar-refractivity contribution in [3.63, 3.8) is 0 Å². The van der Waals surface area contributed by atoms with E-state index in [0.717, 1.165) is 11.3 Å². The molecular formula is C17H15N5O. The second-order valence-electron chi connectivity index (χ2n) is 5.89. The highest BCUT2D eigenvalue weighted by atomic mass is 16.2. The summed E-state index contributed by atoms with van der Waals surface area (Å²) in [5.41, 5.74) is 1.77. The Bertz CT molecular complexity index is 813. The minimum Gasteiger partial charge on any atom is -0.353 e. The van der Waals surface area contributed by atoms with Crippen molar-refractivity contribution in [3.8, 4) is 17.5 Å². The van der Waals surface area contributed by atoms with Crippen LogP contribution in [-0.2, 0) is 4.79 Å². The van der Waals surface area contributed by atoms with Gasteiger partial charge in [0.15, 0.2) is 12.0 Å². The first-order valence-corrected chi connectivity index (χ1v) is 7.51. The number of amides is 1. The molecule has 1 aromatic carbocycles. The molecule has 2 aliphatic rings. The second-order valence-corrected chi connectivity index (χ2v) is 5.89. The van der Waals surface area contributed by atoms with Crippen LogP contribution in [-0.4, -0.2) is 34.4 Å². The molecule has 4 rings (SSSR count). The number of hydrogen-bond donors (Lipinski definition) is 2. The standard InChI is InChI=1S/C17H15N5O/c18-11-22-9-8-17(10-22)16(23)20-14-7-6-13(19-15(14)21-17)12-4-2-1-3-5-12/h1-7H,8-10H2,(H,19,21)(H,20,23). The first-order valence-electron chi connectivity index (χ1n) is 7.51. The van der Waals surface area contributed by atoms with Crippen LogP contribution in [0, 0.1) is 11.5 Å². The molecule has 1 fully saturated rings. The average molecular weight is 305 g/mol. The molecule has 0 aliphatic carbocycles. The summed E-state index contributed by atoms with van der Waals surface area (Å²) in [6, 6.07) is 13.6. The zero-order valence-corrected chi connectivity index (χ0v) is 12.4. The Kier molecular flexibility index (Phi) is 2.95. The third-order valence-corrected chi connectivity index (χ3v) is 4.42. The van der Waals surface area contributed by atoms with Gasteiger partial charge in [-0.3, -0.25) is 4.79 Å². The zero-order chi connectivity index (χ0) is 15.9. The van der Waals surface area contributed by atoms with E-state index in [4.69, 9.17) is 5.26 Å². The number of likely N-dealkylation sites (tertiary alicyclic amines) is 1. The van der Waals surface area contributed by atoms with Crippen molar-refractivity contribution in [2.24, 2.45) is 0 Å². The van der Waals surface area contributed by atoms with Gasteiger partial charge in [-0.2, -0.15) is 5.26 Å². The maximum absolute atomic E-state index is 12.5. The van der Waals surface area contributed by atoms with Gasteiger partial charge in [-0.15, -0.1) is 0 Å². The van der Waals surface area contributed by atoms with E-state index in [9.17, 15) is 4.79 Å².